The molecule has 0 amide bonds. The van der Waals surface area contributed by atoms with Crippen LogP contribution in [0.25, 0.3) is 0 Å². The summed E-state index contributed by atoms with van der Waals surface area (Å²) >= 11 is 0. The number of hydrogen-bond donors (Lipinski definition) is 0. The Morgan fingerprint density at radius 2 is 1.20 bits per heavy atom. The summed E-state index contributed by atoms with van der Waals surface area (Å²) < 4.78 is 10.7. The normalized spacial score (nSPS) is 16.2. The van der Waals surface area contributed by atoms with Crippen molar-refractivity contribution in [3.8, 4) is 0 Å². The third-order valence-electron chi connectivity index (χ3n) is 5.94. The highest BCUT2D eigenvalue weighted by atomic mass is 16.6. The Hall–Kier alpha value is -1.32. The average Bonchev–Trinajstić information content (AvgIpc) is 3.01. The van der Waals surface area contributed by atoms with Crippen molar-refractivity contribution in [1.29, 1.82) is 0 Å². The molecule has 0 aliphatic carbocycles. The summed E-state index contributed by atoms with van der Waals surface area (Å²) in [4.78, 5) is 24.0. The van der Waals surface area contributed by atoms with Gasteiger partial charge in [-0.3, -0.25) is 9.59 Å². The Bertz CT molecular complexity index is 509. The minimum absolute atomic E-state index is 0.131. The molecule has 1 rings (SSSR count). The summed E-state index contributed by atoms with van der Waals surface area (Å²) in [5, 5.41) is 0. The smallest absolute Gasteiger partial charge is 0.311 e. The zero-order valence-corrected chi connectivity index (χ0v) is 19.9. The van der Waals surface area contributed by atoms with E-state index in [1.165, 1.54) is 89.9 Å². The van der Waals surface area contributed by atoms with Crippen LogP contribution in [0.15, 0.2) is 11.5 Å². The first-order valence-electron chi connectivity index (χ1n) is 12.7. The van der Waals surface area contributed by atoms with Crippen molar-refractivity contribution in [2.75, 3.05) is 0 Å². The van der Waals surface area contributed by atoms with Gasteiger partial charge in [-0.05, 0) is 13.3 Å². The number of carbonyl (C=O) groups excluding carboxylic acids is 2. The highest BCUT2D eigenvalue weighted by molar-refractivity contribution is 6.00. The Labute approximate surface area is 185 Å². The molecule has 0 saturated carbocycles. The lowest BCUT2D eigenvalue weighted by Gasteiger charge is -2.05. The van der Waals surface area contributed by atoms with Crippen molar-refractivity contribution in [2.24, 2.45) is 0 Å². The lowest BCUT2D eigenvalue weighted by atomic mass is 10.0. The van der Waals surface area contributed by atoms with Crippen LogP contribution < -0.4 is 0 Å². The number of unbranched alkanes of at least 4 members (excludes halogenated alkanes) is 15. The number of Topliss-reactive ketones (excluding diaryl/α,β-unsaturated/α-hetero) is 1. The van der Waals surface area contributed by atoms with Crippen LogP contribution in [0.4, 0.5) is 0 Å². The molecule has 0 bridgehead atoms. The molecule has 1 unspecified atom stereocenters. The third kappa shape index (κ3) is 11.8. The average molecular weight is 423 g/mol. The van der Waals surface area contributed by atoms with E-state index in [1.54, 1.807) is 6.92 Å². The van der Waals surface area contributed by atoms with E-state index in [0.717, 1.165) is 12.8 Å². The van der Waals surface area contributed by atoms with E-state index in [-0.39, 0.29) is 17.5 Å². The highest BCUT2D eigenvalue weighted by Gasteiger charge is 2.33. The predicted octanol–water partition coefficient (Wildman–Crippen LogP) is 7.79. The van der Waals surface area contributed by atoms with Gasteiger partial charge in [-0.2, -0.15) is 0 Å². The third-order valence-corrected chi connectivity index (χ3v) is 5.94. The lowest BCUT2D eigenvalue weighted by molar-refractivity contribution is -0.142. The number of esters is 1. The number of hydrogen-bond acceptors (Lipinski definition) is 4. The van der Waals surface area contributed by atoms with E-state index in [4.69, 9.17) is 9.47 Å². The van der Waals surface area contributed by atoms with Crippen molar-refractivity contribution in [3.63, 3.8) is 0 Å². The molecule has 0 aromatic rings. The maximum atomic E-state index is 12.0. The first-order valence-corrected chi connectivity index (χ1v) is 12.7. The SMILES string of the molecule is CCCCCCCCCCCCCCCCCCC(=O)OC1=C(CC)OC(C)C1=O. The molecule has 0 spiro atoms. The summed E-state index contributed by atoms with van der Waals surface area (Å²) in [6.07, 6.45) is 21.4. The monoisotopic (exact) mass is 422 g/mol. The molecule has 0 aromatic heterocycles. The summed E-state index contributed by atoms with van der Waals surface area (Å²) in [5.41, 5.74) is 0. The fourth-order valence-corrected chi connectivity index (χ4v) is 3.98. The topological polar surface area (TPSA) is 52.6 Å². The summed E-state index contributed by atoms with van der Waals surface area (Å²) in [6, 6.07) is 0. The Kier molecular flexibility index (Phi) is 15.5. The van der Waals surface area contributed by atoms with Crippen LogP contribution in [0.3, 0.4) is 0 Å². The zero-order valence-electron chi connectivity index (χ0n) is 19.9. The molecule has 174 valence electrons. The molecule has 0 N–H and O–H groups in total. The van der Waals surface area contributed by atoms with Crippen molar-refractivity contribution in [3.05, 3.63) is 11.5 Å². The quantitative estimate of drug-likeness (QED) is 0.157. The molecule has 1 atom stereocenters. The van der Waals surface area contributed by atoms with Crippen LogP contribution in [0.1, 0.15) is 136 Å². The molecule has 1 aliphatic heterocycles. The van der Waals surface area contributed by atoms with Crippen molar-refractivity contribution < 1.29 is 19.1 Å². The number of ketones is 1. The number of carbonyl (C=O) groups is 2. The minimum Gasteiger partial charge on any atom is -0.483 e. The van der Waals surface area contributed by atoms with E-state index in [1.807, 2.05) is 6.92 Å². The molecule has 4 nitrogen and oxygen atoms in total. The first kappa shape index (κ1) is 26.7. The maximum Gasteiger partial charge on any atom is 0.311 e. The van der Waals surface area contributed by atoms with Crippen LogP contribution >= 0.6 is 0 Å². The molecule has 0 radical (unpaired) electrons. The number of ether oxygens (including phenoxy) is 2. The van der Waals surface area contributed by atoms with Gasteiger partial charge in [0.2, 0.25) is 11.5 Å². The molecule has 1 heterocycles. The summed E-state index contributed by atoms with van der Waals surface area (Å²) in [6.45, 7) is 5.85. The van der Waals surface area contributed by atoms with Gasteiger partial charge in [-0.25, -0.2) is 0 Å². The summed E-state index contributed by atoms with van der Waals surface area (Å²) in [5.74, 6) is 0.110. The van der Waals surface area contributed by atoms with Gasteiger partial charge in [-0.1, -0.05) is 110 Å². The van der Waals surface area contributed by atoms with Crippen molar-refractivity contribution in [2.45, 2.75) is 142 Å². The summed E-state index contributed by atoms with van der Waals surface area (Å²) in [7, 11) is 0. The van der Waals surface area contributed by atoms with Crippen molar-refractivity contribution >= 4 is 11.8 Å². The molecular weight excluding hydrogens is 376 g/mol. The van der Waals surface area contributed by atoms with E-state index in [0.29, 0.717) is 18.6 Å². The fourth-order valence-electron chi connectivity index (χ4n) is 3.98. The first-order chi connectivity index (χ1) is 14.6. The molecule has 0 saturated heterocycles. The molecule has 0 aromatic carbocycles. The second-order valence-electron chi connectivity index (χ2n) is 8.76. The van der Waals surface area contributed by atoms with Crippen LogP contribution in [0.5, 0.6) is 0 Å². The van der Waals surface area contributed by atoms with Gasteiger partial charge in [0.15, 0.2) is 6.10 Å². The van der Waals surface area contributed by atoms with Crippen LogP contribution in [-0.2, 0) is 19.1 Å². The molecule has 30 heavy (non-hydrogen) atoms. The highest BCUT2D eigenvalue weighted by Crippen LogP contribution is 2.25. The number of rotatable bonds is 19. The van der Waals surface area contributed by atoms with Gasteiger partial charge in [-0.15, -0.1) is 0 Å². The van der Waals surface area contributed by atoms with Gasteiger partial charge in [0, 0.05) is 12.8 Å². The molecular formula is C26H46O4. The molecule has 4 heteroatoms. The second-order valence-corrected chi connectivity index (χ2v) is 8.76. The maximum absolute atomic E-state index is 12.0. The van der Waals surface area contributed by atoms with Crippen molar-refractivity contribution in [1.82, 2.24) is 0 Å². The van der Waals surface area contributed by atoms with E-state index < -0.39 is 6.10 Å². The molecule has 1 aliphatic rings. The zero-order chi connectivity index (χ0) is 22.0. The van der Waals surface area contributed by atoms with Crippen LogP contribution in [-0.4, -0.2) is 17.9 Å². The second kappa shape index (κ2) is 17.4. The molecule has 0 fully saturated rings. The lowest BCUT2D eigenvalue weighted by Crippen LogP contribution is -2.16. The van der Waals surface area contributed by atoms with Gasteiger partial charge >= 0.3 is 5.97 Å². The van der Waals surface area contributed by atoms with E-state index >= 15 is 0 Å². The minimum atomic E-state index is -0.529. The van der Waals surface area contributed by atoms with Crippen LogP contribution in [0, 0.1) is 0 Å². The Morgan fingerprint density at radius 3 is 1.63 bits per heavy atom. The van der Waals surface area contributed by atoms with Gasteiger partial charge in [0.1, 0.15) is 5.76 Å². The van der Waals surface area contributed by atoms with Gasteiger partial charge in [0.05, 0.1) is 0 Å². The van der Waals surface area contributed by atoms with Gasteiger partial charge in [0.25, 0.3) is 0 Å². The van der Waals surface area contributed by atoms with E-state index in [9.17, 15) is 9.59 Å². The van der Waals surface area contributed by atoms with Gasteiger partial charge < -0.3 is 9.47 Å². The standard InChI is InChI=1S/C26H46O4/c1-4-6-7-8-9-10-11-12-13-14-15-16-17-18-19-20-21-24(27)30-26-23(5-2)29-22(3)25(26)28/h22H,4-21H2,1-3H3. The van der Waals surface area contributed by atoms with E-state index in [2.05, 4.69) is 6.92 Å². The number of allylic oxidation sites excluding steroid dienone is 1. The van der Waals surface area contributed by atoms with Crippen LogP contribution in [0.2, 0.25) is 0 Å². The fraction of sp³-hybridized carbons (Fsp3) is 0.846. The Morgan fingerprint density at radius 1 is 0.767 bits per heavy atom. The predicted molar refractivity (Wildman–Crippen MR) is 123 cm³/mol. The largest absolute Gasteiger partial charge is 0.483 e. The Balaban J connectivity index is 1.88.